The molecule has 1 fully saturated rings. The van der Waals surface area contributed by atoms with Crippen molar-refractivity contribution in [3.63, 3.8) is 0 Å². The quantitative estimate of drug-likeness (QED) is 0.837. The van der Waals surface area contributed by atoms with Gasteiger partial charge in [0.05, 0.1) is 11.6 Å². The molecule has 28 heavy (non-hydrogen) atoms. The second-order valence-electron chi connectivity index (χ2n) is 7.83. The Morgan fingerprint density at radius 3 is 2.68 bits per heavy atom. The van der Waals surface area contributed by atoms with E-state index < -0.39 is 17.7 Å². The van der Waals surface area contributed by atoms with Crippen LogP contribution in [0, 0.1) is 30.1 Å². The first-order valence-electron chi connectivity index (χ1n) is 9.64. The Bertz CT molecular complexity index is 1000. The van der Waals surface area contributed by atoms with Crippen molar-refractivity contribution in [2.75, 3.05) is 23.3 Å². The molecule has 0 spiro atoms. The van der Waals surface area contributed by atoms with Crippen LogP contribution in [-0.4, -0.2) is 29.0 Å². The molecule has 1 saturated heterocycles. The highest BCUT2D eigenvalue weighted by Crippen LogP contribution is 2.38. The lowest BCUT2D eigenvalue weighted by molar-refractivity contribution is -0.119. The standard InChI is InChI=1S/C21H23N5O2/c1-12-5-7-14(8-6-12)16-15(10-22)19(27)23-18-17(16)20(28)25-21(24-18)26-9-3-4-13(2)11-26/h5-8,13,15-16H,3-4,9,11H2,1-2H3,(H2,23,24,25,27,28)/t13-,15+,16+/m1/s1. The number of aryl methyl sites for hydroxylation is 1. The van der Waals surface area contributed by atoms with Gasteiger partial charge in [-0.2, -0.15) is 10.2 Å². The molecule has 144 valence electrons. The third-order valence-electron chi connectivity index (χ3n) is 5.64. The number of fused-ring (bicyclic) bond motifs is 1. The summed E-state index contributed by atoms with van der Waals surface area (Å²) in [6.07, 6.45) is 2.19. The van der Waals surface area contributed by atoms with Gasteiger partial charge >= 0.3 is 0 Å². The van der Waals surface area contributed by atoms with Crippen LogP contribution in [0.1, 0.15) is 42.4 Å². The summed E-state index contributed by atoms with van der Waals surface area (Å²) in [5.41, 5.74) is 1.88. The Hall–Kier alpha value is -3.14. The second-order valence-corrected chi connectivity index (χ2v) is 7.83. The zero-order chi connectivity index (χ0) is 19.8. The number of benzene rings is 1. The molecule has 1 amide bonds. The van der Waals surface area contributed by atoms with Crippen molar-refractivity contribution in [2.45, 2.75) is 32.6 Å². The number of hydrogen-bond acceptors (Lipinski definition) is 5. The molecule has 7 heteroatoms. The minimum atomic E-state index is -0.973. The van der Waals surface area contributed by atoms with E-state index in [1.165, 1.54) is 0 Å². The van der Waals surface area contributed by atoms with Crippen molar-refractivity contribution in [3.05, 3.63) is 51.3 Å². The molecule has 1 aromatic heterocycles. The molecule has 4 rings (SSSR count). The molecule has 0 aliphatic carbocycles. The first kappa shape index (κ1) is 18.2. The van der Waals surface area contributed by atoms with Crippen molar-refractivity contribution >= 4 is 17.7 Å². The van der Waals surface area contributed by atoms with E-state index in [4.69, 9.17) is 0 Å². The number of aromatic nitrogens is 2. The fraction of sp³-hybridized carbons (Fsp3) is 0.429. The smallest absolute Gasteiger partial charge is 0.258 e. The number of anilines is 2. The van der Waals surface area contributed by atoms with Gasteiger partial charge in [0.15, 0.2) is 0 Å². The lowest BCUT2D eigenvalue weighted by Gasteiger charge is -2.33. The molecule has 3 atom stereocenters. The lowest BCUT2D eigenvalue weighted by Crippen LogP contribution is -2.41. The molecule has 2 N–H and O–H groups in total. The molecule has 0 radical (unpaired) electrons. The van der Waals surface area contributed by atoms with Crippen LogP contribution in [0.5, 0.6) is 0 Å². The summed E-state index contributed by atoms with van der Waals surface area (Å²) >= 11 is 0. The van der Waals surface area contributed by atoms with E-state index >= 15 is 0 Å². The highest BCUT2D eigenvalue weighted by atomic mass is 16.2. The van der Waals surface area contributed by atoms with E-state index in [0.717, 1.165) is 37.1 Å². The van der Waals surface area contributed by atoms with Crippen molar-refractivity contribution in [1.82, 2.24) is 9.97 Å². The molecule has 0 unspecified atom stereocenters. The maximum atomic E-state index is 13.0. The molecule has 1 aromatic carbocycles. The lowest BCUT2D eigenvalue weighted by atomic mass is 9.79. The third kappa shape index (κ3) is 3.15. The maximum Gasteiger partial charge on any atom is 0.258 e. The van der Waals surface area contributed by atoms with Crippen molar-refractivity contribution in [2.24, 2.45) is 11.8 Å². The van der Waals surface area contributed by atoms with Crippen LogP contribution in [0.3, 0.4) is 0 Å². The Morgan fingerprint density at radius 2 is 2.00 bits per heavy atom. The summed E-state index contributed by atoms with van der Waals surface area (Å²) in [6.45, 7) is 5.78. The van der Waals surface area contributed by atoms with Gasteiger partial charge in [-0.3, -0.25) is 14.6 Å². The Labute approximate surface area is 163 Å². The van der Waals surface area contributed by atoms with Gasteiger partial charge < -0.3 is 10.2 Å². The molecular weight excluding hydrogens is 354 g/mol. The first-order valence-corrected chi connectivity index (χ1v) is 9.64. The monoisotopic (exact) mass is 377 g/mol. The molecule has 0 saturated carbocycles. The van der Waals surface area contributed by atoms with Crippen LogP contribution < -0.4 is 15.8 Å². The van der Waals surface area contributed by atoms with Gasteiger partial charge in [0.2, 0.25) is 11.9 Å². The number of amides is 1. The Morgan fingerprint density at radius 1 is 1.25 bits per heavy atom. The number of nitrogens with one attached hydrogen (secondary N) is 2. The predicted octanol–water partition coefficient (Wildman–Crippen LogP) is 2.54. The number of carbonyl (C=O) groups is 1. The van der Waals surface area contributed by atoms with Crippen LogP contribution in [0.15, 0.2) is 29.1 Å². The summed E-state index contributed by atoms with van der Waals surface area (Å²) in [5.74, 6) is -0.767. The average Bonchev–Trinajstić information content (AvgIpc) is 2.67. The van der Waals surface area contributed by atoms with Crippen LogP contribution in [-0.2, 0) is 4.79 Å². The Balaban J connectivity index is 1.82. The highest BCUT2D eigenvalue weighted by molar-refractivity contribution is 5.97. The van der Waals surface area contributed by atoms with Crippen LogP contribution in [0.25, 0.3) is 0 Å². The summed E-state index contributed by atoms with van der Waals surface area (Å²) in [6, 6.07) is 9.64. The number of nitriles is 1. The fourth-order valence-electron chi connectivity index (χ4n) is 4.16. The molecule has 2 aliphatic rings. The van der Waals surface area contributed by atoms with E-state index in [2.05, 4.69) is 33.2 Å². The molecule has 7 nitrogen and oxygen atoms in total. The van der Waals surface area contributed by atoms with Gasteiger partial charge in [-0.15, -0.1) is 0 Å². The van der Waals surface area contributed by atoms with E-state index in [-0.39, 0.29) is 11.4 Å². The van der Waals surface area contributed by atoms with Crippen LogP contribution in [0.4, 0.5) is 11.8 Å². The normalized spacial score (nSPS) is 24.2. The molecular formula is C21H23N5O2. The minimum absolute atomic E-state index is 0.263. The number of hydrogen-bond donors (Lipinski definition) is 2. The number of H-pyrrole nitrogens is 1. The first-order chi connectivity index (χ1) is 13.5. The van der Waals surface area contributed by atoms with Crippen LogP contribution in [0.2, 0.25) is 0 Å². The summed E-state index contributed by atoms with van der Waals surface area (Å²) in [7, 11) is 0. The maximum absolute atomic E-state index is 13.0. The fourth-order valence-corrected chi connectivity index (χ4v) is 4.16. The zero-order valence-corrected chi connectivity index (χ0v) is 16.0. The molecule has 2 aliphatic heterocycles. The van der Waals surface area contributed by atoms with E-state index in [9.17, 15) is 14.9 Å². The number of piperidine rings is 1. The van der Waals surface area contributed by atoms with Gasteiger partial charge in [-0.1, -0.05) is 36.8 Å². The summed E-state index contributed by atoms with van der Waals surface area (Å²) < 4.78 is 0. The molecule has 2 aromatic rings. The Kier molecular flexibility index (Phi) is 4.63. The SMILES string of the molecule is Cc1ccc([C@@H]2c3c(nc(N4CCC[C@@H](C)C4)[nH]c3=O)NC(=O)[C@H]2C#N)cc1. The van der Waals surface area contributed by atoms with E-state index in [0.29, 0.717) is 17.4 Å². The number of nitrogens with zero attached hydrogens (tertiary/aromatic N) is 3. The van der Waals surface area contributed by atoms with Crippen molar-refractivity contribution in [3.8, 4) is 6.07 Å². The summed E-state index contributed by atoms with van der Waals surface area (Å²) in [5, 5.41) is 12.3. The largest absolute Gasteiger partial charge is 0.342 e. The number of rotatable bonds is 2. The highest BCUT2D eigenvalue weighted by Gasteiger charge is 2.40. The van der Waals surface area contributed by atoms with Gasteiger partial charge in [-0.25, -0.2) is 0 Å². The van der Waals surface area contributed by atoms with E-state index in [1.54, 1.807) is 0 Å². The minimum Gasteiger partial charge on any atom is -0.342 e. The van der Waals surface area contributed by atoms with Crippen molar-refractivity contribution < 1.29 is 4.79 Å². The van der Waals surface area contributed by atoms with Gasteiger partial charge in [-0.05, 0) is 31.2 Å². The topological polar surface area (TPSA) is 102 Å². The third-order valence-corrected chi connectivity index (χ3v) is 5.64. The predicted molar refractivity (Wildman–Crippen MR) is 106 cm³/mol. The zero-order valence-electron chi connectivity index (χ0n) is 16.0. The molecule has 3 heterocycles. The molecule has 0 bridgehead atoms. The second kappa shape index (κ2) is 7.12. The van der Waals surface area contributed by atoms with Gasteiger partial charge in [0, 0.05) is 19.0 Å². The van der Waals surface area contributed by atoms with Crippen molar-refractivity contribution in [1.29, 1.82) is 5.26 Å². The number of aromatic amines is 1. The average molecular weight is 377 g/mol. The van der Waals surface area contributed by atoms with E-state index in [1.807, 2.05) is 31.2 Å². The van der Waals surface area contributed by atoms with Gasteiger partial charge in [0.1, 0.15) is 11.7 Å². The summed E-state index contributed by atoms with van der Waals surface area (Å²) in [4.78, 5) is 35.2. The van der Waals surface area contributed by atoms with Crippen LogP contribution >= 0.6 is 0 Å². The number of carbonyl (C=O) groups excluding carboxylic acids is 1. The van der Waals surface area contributed by atoms with Gasteiger partial charge in [0.25, 0.3) is 5.56 Å².